The summed E-state index contributed by atoms with van der Waals surface area (Å²) in [6.07, 6.45) is 0. The Balaban J connectivity index is 2.63. The summed E-state index contributed by atoms with van der Waals surface area (Å²) < 4.78 is 10.5. The third-order valence-electron chi connectivity index (χ3n) is 3.17. The molecule has 0 amide bonds. The number of hydrogen-bond donors (Lipinski definition) is 2. The van der Waals surface area contributed by atoms with E-state index in [0.29, 0.717) is 22.6 Å². The number of ether oxygens (including phenoxy) is 2. The molecular formula is C16H14O6. The quantitative estimate of drug-likeness (QED) is 0.882. The van der Waals surface area contributed by atoms with Crippen molar-refractivity contribution in [3.63, 3.8) is 0 Å². The van der Waals surface area contributed by atoms with Crippen molar-refractivity contribution in [3.8, 4) is 22.6 Å². The Bertz CT molecular complexity index is 718. The summed E-state index contributed by atoms with van der Waals surface area (Å²) in [5, 5.41) is 18.1. The van der Waals surface area contributed by atoms with E-state index in [2.05, 4.69) is 0 Å². The molecule has 114 valence electrons. The van der Waals surface area contributed by atoms with E-state index in [1.54, 1.807) is 12.1 Å². The zero-order chi connectivity index (χ0) is 16.3. The summed E-state index contributed by atoms with van der Waals surface area (Å²) in [5.41, 5.74) is 1.33. The van der Waals surface area contributed by atoms with Crippen molar-refractivity contribution < 1.29 is 29.3 Å². The summed E-state index contributed by atoms with van der Waals surface area (Å²) in [6.45, 7) is 0. The summed E-state index contributed by atoms with van der Waals surface area (Å²) in [4.78, 5) is 22.1. The van der Waals surface area contributed by atoms with Crippen molar-refractivity contribution in [1.82, 2.24) is 0 Å². The topological polar surface area (TPSA) is 93.1 Å². The van der Waals surface area contributed by atoms with Crippen LogP contribution in [0.5, 0.6) is 11.5 Å². The van der Waals surface area contributed by atoms with Gasteiger partial charge in [-0.05, 0) is 29.8 Å². The standard InChI is InChI=1S/C16H14O6/c1-21-13-8-11(16(19)20)7-12(14(13)22-2)9-3-5-10(6-4-9)15(17)18/h3-8H,1-2H3,(H,17,18)(H,19,20). The highest BCUT2D eigenvalue weighted by atomic mass is 16.5. The van der Waals surface area contributed by atoms with E-state index < -0.39 is 11.9 Å². The van der Waals surface area contributed by atoms with Crippen molar-refractivity contribution in [1.29, 1.82) is 0 Å². The van der Waals surface area contributed by atoms with E-state index in [4.69, 9.17) is 14.6 Å². The first-order valence-corrected chi connectivity index (χ1v) is 6.31. The summed E-state index contributed by atoms with van der Waals surface area (Å²) in [6, 6.07) is 8.89. The monoisotopic (exact) mass is 302 g/mol. The molecule has 2 rings (SSSR count). The largest absolute Gasteiger partial charge is 0.493 e. The molecule has 0 atom stereocenters. The molecule has 6 nitrogen and oxygen atoms in total. The average molecular weight is 302 g/mol. The van der Waals surface area contributed by atoms with Gasteiger partial charge < -0.3 is 19.7 Å². The lowest BCUT2D eigenvalue weighted by Crippen LogP contribution is -2.01. The van der Waals surface area contributed by atoms with Crippen LogP contribution in [0.2, 0.25) is 0 Å². The lowest BCUT2D eigenvalue weighted by Gasteiger charge is -2.14. The van der Waals surface area contributed by atoms with E-state index >= 15 is 0 Å². The van der Waals surface area contributed by atoms with Crippen molar-refractivity contribution >= 4 is 11.9 Å². The minimum Gasteiger partial charge on any atom is -0.493 e. The molecule has 0 bridgehead atoms. The fourth-order valence-electron chi connectivity index (χ4n) is 2.09. The third-order valence-corrected chi connectivity index (χ3v) is 3.17. The lowest BCUT2D eigenvalue weighted by atomic mass is 10.00. The molecule has 2 N–H and O–H groups in total. The van der Waals surface area contributed by atoms with Crippen molar-refractivity contribution in [3.05, 3.63) is 47.5 Å². The molecule has 0 spiro atoms. The molecule has 0 saturated heterocycles. The molecule has 0 heterocycles. The maximum Gasteiger partial charge on any atom is 0.335 e. The molecule has 0 aliphatic heterocycles. The van der Waals surface area contributed by atoms with E-state index in [1.165, 1.54) is 38.5 Å². The molecule has 0 aliphatic rings. The van der Waals surface area contributed by atoms with Crippen molar-refractivity contribution in [2.24, 2.45) is 0 Å². The Hall–Kier alpha value is -3.02. The molecule has 2 aromatic carbocycles. The van der Waals surface area contributed by atoms with E-state index in [0.717, 1.165) is 0 Å². The fraction of sp³-hybridized carbons (Fsp3) is 0.125. The number of carboxylic acid groups (broad SMARTS) is 2. The highest BCUT2D eigenvalue weighted by Gasteiger charge is 2.17. The Morgan fingerprint density at radius 1 is 0.864 bits per heavy atom. The number of rotatable bonds is 5. The molecule has 22 heavy (non-hydrogen) atoms. The van der Waals surface area contributed by atoms with Gasteiger partial charge in [0.1, 0.15) is 0 Å². The van der Waals surface area contributed by atoms with Crippen LogP contribution < -0.4 is 9.47 Å². The van der Waals surface area contributed by atoms with Crippen LogP contribution >= 0.6 is 0 Å². The maximum absolute atomic E-state index is 11.2. The zero-order valence-corrected chi connectivity index (χ0v) is 12.0. The molecule has 0 saturated carbocycles. The third kappa shape index (κ3) is 2.85. The van der Waals surface area contributed by atoms with Crippen LogP contribution in [0.25, 0.3) is 11.1 Å². The smallest absolute Gasteiger partial charge is 0.335 e. The van der Waals surface area contributed by atoms with Gasteiger partial charge in [0, 0.05) is 5.56 Å². The van der Waals surface area contributed by atoms with Crippen LogP contribution in [-0.4, -0.2) is 36.4 Å². The number of carbonyl (C=O) groups is 2. The normalized spacial score (nSPS) is 10.1. The Labute approximate surface area is 126 Å². The number of methoxy groups -OCH3 is 2. The van der Waals surface area contributed by atoms with Gasteiger partial charge in [-0.1, -0.05) is 12.1 Å². The second-order valence-electron chi connectivity index (χ2n) is 4.45. The molecule has 0 fully saturated rings. The molecule has 6 heteroatoms. The zero-order valence-electron chi connectivity index (χ0n) is 12.0. The van der Waals surface area contributed by atoms with Gasteiger partial charge in [-0.2, -0.15) is 0 Å². The Kier molecular flexibility index (Phi) is 4.31. The molecule has 0 radical (unpaired) electrons. The van der Waals surface area contributed by atoms with Crippen LogP contribution in [0, 0.1) is 0 Å². The predicted octanol–water partition coefficient (Wildman–Crippen LogP) is 2.77. The molecular weight excluding hydrogens is 288 g/mol. The van der Waals surface area contributed by atoms with Gasteiger partial charge in [0.15, 0.2) is 11.5 Å². The number of aromatic carboxylic acids is 2. The summed E-state index contributed by atoms with van der Waals surface area (Å²) in [7, 11) is 2.87. The van der Waals surface area contributed by atoms with Gasteiger partial charge in [0.05, 0.1) is 25.3 Å². The molecule has 0 unspecified atom stereocenters. The van der Waals surface area contributed by atoms with Crippen LogP contribution in [-0.2, 0) is 0 Å². The van der Waals surface area contributed by atoms with Crippen molar-refractivity contribution in [2.45, 2.75) is 0 Å². The van der Waals surface area contributed by atoms with Gasteiger partial charge in [-0.3, -0.25) is 0 Å². The van der Waals surface area contributed by atoms with Crippen molar-refractivity contribution in [2.75, 3.05) is 14.2 Å². The summed E-state index contributed by atoms with van der Waals surface area (Å²) >= 11 is 0. The first-order valence-electron chi connectivity index (χ1n) is 6.31. The number of benzene rings is 2. The van der Waals surface area contributed by atoms with Gasteiger partial charge >= 0.3 is 11.9 Å². The van der Waals surface area contributed by atoms with Gasteiger partial charge in [0.2, 0.25) is 0 Å². The SMILES string of the molecule is COc1cc(C(=O)O)cc(-c2ccc(C(=O)O)cc2)c1OC. The maximum atomic E-state index is 11.2. The first kappa shape index (κ1) is 15.4. The predicted molar refractivity (Wildman–Crippen MR) is 78.9 cm³/mol. The second kappa shape index (κ2) is 6.17. The summed E-state index contributed by atoms with van der Waals surface area (Å²) in [5.74, 6) is -1.45. The minimum absolute atomic E-state index is 0.0509. The highest BCUT2D eigenvalue weighted by Crippen LogP contribution is 2.39. The second-order valence-corrected chi connectivity index (χ2v) is 4.45. The van der Waals surface area contributed by atoms with Gasteiger partial charge in [-0.25, -0.2) is 9.59 Å². The van der Waals surface area contributed by atoms with Crippen LogP contribution in [0.4, 0.5) is 0 Å². The average Bonchev–Trinajstić information content (AvgIpc) is 2.53. The van der Waals surface area contributed by atoms with E-state index in [1.807, 2.05) is 0 Å². The molecule has 0 aromatic heterocycles. The van der Waals surface area contributed by atoms with Crippen LogP contribution in [0.1, 0.15) is 20.7 Å². The Morgan fingerprint density at radius 2 is 1.45 bits per heavy atom. The van der Waals surface area contributed by atoms with E-state index in [9.17, 15) is 14.7 Å². The fourth-order valence-corrected chi connectivity index (χ4v) is 2.09. The molecule has 0 aliphatic carbocycles. The lowest BCUT2D eigenvalue weighted by molar-refractivity contribution is 0.0686. The van der Waals surface area contributed by atoms with Gasteiger partial charge in [-0.15, -0.1) is 0 Å². The highest BCUT2D eigenvalue weighted by molar-refractivity contribution is 5.92. The van der Waals surface area contributed by atoms with Crippen LogP contribution in [0.15, 0.2) is 36.4 Å². The van der Waals surface area contributed by atoms with Gasteiger partial charge in [0.25, 0.3) is 0 Å². The van der Waals surface area contributed by atoms with E-state index in [-0.39, 0.29) is 11.1 Å². The molecule has 2 aromatic rings. The van der Waals surface area contributed by atoms with Crippen LogP contribution in [0.3, 0.4) is 0 Å². The number of hydrogen-bond acceptors (Lipinski definition) is 4. The first-order chi connectivity index (χ1) is 10.5. The minimum atomic E-state index is -1.09. The Morgan fingerprint density at radius 3 is 1.91 bits per heavy atom. The number of carboxylic acids is 2.